The molecule has 4 nitrogen and oxygen atoms in total. The molecule has 0 fully saturated rings. The molecule has 0 N–H and O–H groups in total. The summed E-state index contributed by atoms with van der Waals surface area (Å²) in [6, 6.07) is 2.82. The second-order valence-corrected chi connectivity index (χ2v) is 9.33. The number of rotatable bonds is 9. The van der Waals surface area contributed by atoms with Gasteiger partial charge in [0, 0.05) is 11.8 Å². The van der Waals surface area contributed by atoms with Gasteiger partial charge in [-0.3, -0.25) is 4.79 Å². The minimum atomic E-state index is -3.60. The third-order valence-electron chi connectivity index (χ3n) is 3.59. The van der Waals surface area contributed by atoms with Gasteiger partial charge in [-0.05, 0) is 59.7 Å². The molecule has 1 atom stereocenters. The third-order valence-corrected chi connectivity index (χ3v) is 6.55. The first kappa shape index (κ1) is 20.5. The molecule has 7 heteroatoms. The van der Waals surface area contributed by atoms with Gasteiger partial charge >= 0.3 is 0 Å². The first-order chi connectivity index (χ1) is 10.7. The van der Waals surface area contributed by atoms with Gasteiger partial charge < -0.3 is 4.55 Å². The smallest absolute Gasteiger partial charge is 0.252 e. The maximum atomic E-state index is 12.6. The molecule has 0 heterocycles. The van der Waals surface area contributed by atoms with Crippen molar-refractivity contribution in [1.82, 2.24) is 0 Å². The maximum absolute atomic E-state index is 12.6. The highest BCUT2D eigenvalue weighted by molar-refractivity contribution is 7.94. The fraction of sp³-hybridized carbons (Fsp3) is 0.562. The van der Waals surface area contributed by atoms with Crippen LogP contribution in [0.5, 0.6) is 0 Å². The van der Waals surface area contributed by atoms with Crippen molar-refractivity contribution in [3.63, 3.8) is 0 Å². The second-order valence-electron chi connectivity index (χ2n) is 5.47. The quantitative estimate of drug-likeness (QED) is 0.373. The first-order valence-corrected chi connectivity index (χ1v) is 11.3. The number of hydrogen-bond acceptors (Lipinski definition) is 4. The minimum Gasteiger partial charge on any atom is -0.611 e. The number of carbonyl (C=O) groups is 1. The fourth-order valence-electron chi connectivity index (χ4n) is 2.32. The molecule has 1 unspecified atom stereocenters. The summed E-state index contributed by atoms with van der Waals surface area (Å²) in [7, 11) is -3.60. The van der Waals surface area contributed by atoms with E-state index in [4.69, 9.17) is 11.6 Å². The van der Waals surface area contributed by atoms with Gasteiger partial charge in [0.05, 0.1) is 0 Å². The van der Waals surface area contributed by atoms with E-state index in [2.05, 4.69) is 6.92 Å². The van der Waals surface area contributed by atoms with E-state index in [1.165, 1.54) is 6.07 Å². The van der Waals surface area contributed by atoms with Gasteiger partial charge in [-0.2, -0.15) is 0 Å². The summed E-state index contributed by atoms with van der Waals surface area (Å²) in [5.74, 6) is 0.417. The Morgan fingerprint density at radius 1 is 1.22 bits per heavy atom. The molecule has 0 aliphatic heterocycles. The van der Waals surface area contributed by atoms with Crippen LogP contribution < -0.4 is 0 Å². The zero-order valence-corrected chi connectivity index (χ0v) is 16.1. The van der Waals surface area contributed by atoms with Gasteiger partial charge in [0.15, 0.2) is 14.7 Å². The molecule has 1 aromatic rings. The highest BCUT2D eigenvalue weighted by Gasteiger charge is 2.26. The van der Waals surface area contributed by atoms with Crippen LogP contribution in [-0.4, -0.2) is 30.2 Å². The van der Waals surface area contributed by atoms with Crippen LogP contribution in [0.2, 0.25) is 0 Å². The molecule has 130 valence electrons. The molecule has 0 aliphatic carbocycles. The predicted octanol–water partition coefficient (Wildman–Crippen LogP) is 3.72. The Balaban J connectivity index is 3.25. The summed E-state index contributed by atoms with van der Waals surface area (Å²) in [5, 5.41) is -0.702. The minimum absolute atomic E-state index is 0.0625. The van der Waals surface area contributed by atoms with Gasteiger partial charge in [0.2, 0.25) is 0 Å². The van der Waals surface area contributed by atoms with E-state index in [-0.39, 0.29) is 15.4 Å². The molecule has 0 saturated heterocycles. The van der Waals surface area contributed by atoms with E-state index in [9.17, 15) is 17.8 Å². The van der Waals surface area contributed by atoms with Crippen molar-refractivity contribution in [2.75, 3.05) is 12.0 Å². The average Bonchev–Trinajstić information content (AvgIpc) is 2.48. The molecule has 0 aromatic heterocycles. The average molecular weight is 379 g/mol. The number of aryl methyl sites for hydroxylation is 1. The van der Waals surface area contributed by atoms with Crippen molar-refractivity contribution in [1.29, 1.82) is 0 Å². The van der Waals surface area contributed by atoms with Crippen molar-refractivity contribution in [3.05, 3.63) is 23.3 Å². The fourth-order valence-corrected chi connectivity index (χ4v) is 5.22. The topological polar surface area (TPSA) is 74.3 Å². The van der Waals surface area contributed by atoms with Crippen LogP contribution in [0.4, 0.5) is 0 Å². The van der Waals surface area contributed by atoms with Crippen molar-refractivity contribution in [2.45, 2.75) is 55.7 Å². The van der Waals surface area contributed by atoms with Crippen molar-refractivity contribution in [2.24, 2.45) is 0 Å². The van der Waals surface area contributed by atoms with Crippen LogP contribution in [0.3, 0.4) is 0 Å². The number of unbranched alkanes of at least 4 members (excludes halogenated alkanes) is 3. The maximum Gasteiger partial charge on any atom is 0.252 e. The molecule has 23 heavy (non-hydrogen) atoms. The zero-order valence-electron chi connectivity index (χ0n) is 13.7. The van der Waals surface area contributed by atoms with Gasteiger partial charge in [-0.15, -0.1) is 0 Å². The molecule has 0 aliphatic rings. The van der Waals surface area contributed by atoms with Crippen LogP contribution >= 0.6 is 11.6 Å². The van der Waals surface area contributed by atoms with Crippen molar-refractivity contribution >= 4 is 37.9 Å². The number of hydrogen-bond donors (Lipinski definition) is 0. The van der Waals surface area contributed by atoms with Gasteiger partial charge in [-0.1, -0.05) is 26.7 Å². The first-order valence-electron chi connectivity index (χ1n) is 7.67. The lowest BCUT2D eigenvalue weighted by Crippen LogP contribution is -2.14. The SMILES string of the molecule is CCCCCC[S+]([O-])c1cc(CC)c(C(=O)Cl)cc1S(C)(=O)=O. The molecule has 0 amide bonds. The molecular formula is C16H23ClO4S2. The Morgan fingerprint density at radius 2 is 1.87 bits per heavy atom. The summed E-state index contributed by atoms with van der Waals surface area (Å²) >= 11 is 4.14. The standard InChI is InChI=1S/C16H23ClO4S2/c1-4-6-7-8-9-22(19)14-10-12(5-2)13(16(17)18)11-15(14)23(3,20)21/h10-11H,4-9H2,1-3H3. The van der Waals surface area contributed by atoms with Crippen LogP contribution in [0.15, 0.2) is 21.9 Å². The molecular weight excluding hydrogens is 356 g/mol. The second kappa shape index (κ2) is 9.06. The van der Waals surface area contributed by atoms with Gasteiger partial charge in [-0.25, -0.2) is 8.42 Å². The van der Waals surface area contributed by atoms with E-state index in [1.54, 1.807) is 6.07 Å². The molecule has 0 bridgehead atoms. The Kier molecular flexibility index (Phi) is 8.07. The summed E-state index contributed by atoms with van der Waals surface area (Å²) < 4.78 is 36.6. The highest BCUT2D eigenvalue weighted by atomic mass is 35.5. The van der Waals surface area contributed by atoms with Crippen LogP contribution in [0.1, 0.15) is 55.5 Å². The van der Waals surface area contributed by atoms with Crippen molar-refractivity contribution in [3.8, 4) is 0 Å². The number of sulfone groups is 1. The lowest BCUT2D eigenvalue weighted by molar-refractivity contribution is 0.108. The third kappa shape index (κ3) is 5.78. The monoisotopic (exact) mass is 378 g/mol. The normalized spacial score (nSPS) is 13.1. The molecule has 1 aromatic carbocycles. The Morgan fingerprint density at radius 3 is 2.35 bits per heavy atom. The molecule has 0 spiro atoms. The Bertz CT molecular complexity index is 656. The number of carbonyl (C=O) groups excluding carboxylic acids is 1. The van der Waals surface area contributed by atoms with Crippen molar-refractivity contribution < 1.29 is 17.8 Å². The molecule has 0 saturated carbocycles. The van der Waals surface area contributed by atoms with E-state index in [0.29, 0.717) is 17.7 Å². The van der Waals surface area contributed by atoms with Crippen LogP contribution in [0.25, 0.3) is 0 Å². The van der Waals surface area contributed by atoms with Crippen LogP contribution in [-0.2, 0) is 27.4 Å². The zero-order chi connectivity index (χ0) is 17.6. The summed E-state index contributed by atoms with van der Waals surface area (Å²) in [5.41, 5.74) is 0.788. The van der Waals surface area contributed by atoms with E-state index in [0.717, 1.165) is 31.9 Å². The summed E-state index contributed by atoms with van der Waals surface area (Å²) in [6.45, 7) is 3.93. The summed E-state index contributed by atoms with van der Waals surface area (Å²) in [4.78, 5) is 11.7. The summed E-state index contributed by atoms with van der Waals surface area (Å²) in [6.07, 6.45) is 5.45. The lowest BCUT2D eigenvalue weighted by atomic mass is 10.1. The van der Waals surface area contributed by atoms with Gasteiger partial charge in [0.25, 0.3) is 5.24 Å². The predicted molar refractivity (Wildman–Crippen MR) is 94.5 cm³/mol. The van der Waals surface area contributed by atoms with E-state index >= 15 is 0 Å². The Labute approximate surface area is 146 Å². The highest BCUT2D eigenvalue weighted by Crippen LogP contribution is 2.28. The lowest BCUT2D eigenvalue weighted by Gasteiger charge is -2.16. The van der Waals surface area contributed by atoms with E-state index in [1.807, 2.05) is 6.92 Å². The Hall–Kier alpha value is -0.560. The molecule has 0 radical (unpaired) electrons. The number of halogens is 1. The van der Waals surface area contributed by atoms with E-state index < -0.39 is 26.3 Å². The van der Waals surface area contributed by atoms with Crippen LogP contribution in [0, 0.1) is 0 Å². The largest absolute Gasteiger partial charge is 0.611 e. The van der Waals surface area contributed by atoms with Gasteiger partial charge in [0.1, 0.15) is 10.6 Å². The molecule has 1 rings (SSSR count). The number of benzene rings is 1.